The molecule has 0 bridgehead atoms. The minimum Gasteiger partial charge on any atom is -0.480 e. The molecule has 1 aromatic heterocycles. The second-order valence-corrected chi connectivity index (χ2v) is 5.26. The lowest BCUT2D eigenvalue weighted by molar-refractivity contribution is -0.138. The van der Waals surface area contributed by atoms with Crippen LogP contribution in [0, 0.1) is 0 Å². The summed E-state index contributed by atoms with van der Waals surface area (Å²) in [7, 11) is 2.02. The fourth-order valence-electron chi connectivity index (χ4n) is 2.16. The molecule has 0 aliphatic heterocycles. The number of nitrogens with zero attached hydrogens (tertiary/aromatic N) is 2. The zero-order valence-electron chi connectivity index (χ0n) is 9.80. The zero-order valence-corrected chi connectivity index (χ0v) is 10.6. The molecule has 94 valence electrons. The van der Waals surface area contributed by atoms with Gasteiger partial charge in [-0.1, -0.05) is 12.8 Å². The summed E-state index contributed by atoms with van der Waals surface area (Å²) >= 11 is 1.46. The molecule has 1 heterocycles. The highest BCUT2D eigenvalue weighted by Crippen LogP contribution is 2.29. The average Bonchev–Trinajstić information content (AvgIpc) is 2.98. The lowest BCUT2D eigenvalue weighted by Gasteiger charge is -2.23. The van der Waals surface area contributed by atoms with E-state index in [-0.39, 0.29) is 0 Å². The fraction of sp³-hybridized carbons (Fsp3) is 0.636. The number of carboxylic acids is 1. The summed E-state index contributed by atoms with van der Waals surface area (Å²) in [5, 5.41) is 11.4. The number of aliphatic carboxylic acids is 1. The van der Waals surface area contributed by atoms with Crippen LogP contribution in [0.25, 0.3) is 0 Å². The molecular weight excluding hydrogens is 238 g/mol. The predicted octanol–water partition coefficient (Wildman–Crippen LogP) is 1.61. The first-order valence-electron chi connectivity index (χ1n) is 5.76. The lowest BCUT2D eigenvalue weighted by Crippen LogP contribution is -2.29. The van der Waals surface area contributed by atoms with Crippen LogP contribution >= 0.6 is 11.3 Å². The first kappa shape index (κ1) is 12.3. The molecular formula is C11H17N3O2S. The molecule has 17 heavy (non-hydrogen) atoms. The van der Waals surface area contributed by atoms with Gasteiger partial charge < -0.3 is 15.7 Å². The summed E-state index contributed by atoms with van der Waals surface area (Å²) in [5.41, 5.74) is 5.98. The topological polar surface area (TPSA) is 79.5 Å². The first-order valence-corrected chi connectivity index (χ1v) is 6.64. The van der Waals surface area contributed by atoms with Gasteiger partial charge in [-0.15, -0.1) is 11.3 Å². The summed E-state index contributed by atoms with van der Waals surface area (Å²) in [5.74, 6) is -1.04. The van der Waals surface area contributed by atoms with E-state index in [2.05, 4.69) is 9.88 Å². The van der Waals surface area contributed by atoms with Gasteiger partial charge in [0.05, 0.1) is 5.69 Å². The third-order valence-electron chi connectivity index (χ3n) is 3.27. The molecule has 1 atom stereocenters. The van der Waals surface area contributed by atoms with E-state index in [1.165, 1.54) is 37.0 Å². The van der Waals surface area contributed by atoms with Crippen molar-refractivity contribution in [3.8, 4) is 0 Å². The number of nitrogens with two attached hydrogens (primary N) is 1. The van der Waals surface area contributed by atoms with E-state index in [1.54, 1.807) is 5.38 Å². The van der Waals surface area contributed by atoms with Crippen molar-refractivity contribution in [3.05, 3.63) is 11.1 Å². The Morgan fingerprint density at radius 2 is 2.29 bits per heavy atom. The van der Waals surface area contributed by atoms with Crippen molar-refractivity contribution in [3.63, 3.8) is 0 Å². The quantitative estimate of drug-likeness (QED) is 0.854. The van der Waals surface area contributed by atoms with Gasteiger partial charge in [0.2, 0.25) is 0 Å². The summed E-state index contributed by atoms with van der Waals surface area (Å²) in [6, 6.07) is -0.480. The normalized spacial score (nSPS) is 18.2. The molecule has 0 aromatic carbocycles. The highest BCUT2D eigenvalue weighted by Gasteiger charge is 2.23. The maximum atomic E-state index is 10.8. The summed E-state index contributed by atoms with van der Waals surface area (Å²) in [6.45, 7) is 0. The van der Waals surface area contributed by atoms with Crippen molar-refractivity contribution in [2.75, 3.05) is 11.9 Å². The van der Waals surface area contributed by atoms with Crippen molar-refractivity contribution < 1.29 is 9.90 Å². The van der Waals surface area contributed by atoms with Crippen LogP contribution < -0.4 is 10.6 Å². The summed E-state index contributed by atoms with van der Waals surface area (Å²) in [4.78, 5) is 17.2. The average molecular weight is 255 g/mol. The van der Waals surface area contributed by atoms with Gasteiger partial charge in [-0.05, 0) is 12.8 Å². The number of carbonyl (C=O) groups is 1. The predicted molar refractivity (Wildman–Crippen MR) is 67.3 cm³/mol. The Balaban J connectivity index is 2.09. The highest BCUT2D eigenvalue weighted by molar-refractivity contribution is 7.13. The molecule has 2 rings (SSSR count). The number of rotatable bonds is 4. The Morgan fingerprint density at radius 3 is 2.88 bits per heavy atom. The number of thiazole rings is 1. The largest absolute Gasteiger partial charge is 0.480 e. The minimum atomic E-state index is -1.04. The van der Waals surface area contributed by atoms with Gasteiger partial charge >= 0.3 is 5.97 Å². The minimum absolute atomic E-state index is 0.447. The molecule has 1 aliphatic rings. The molecule has 5 nitrogen and oxygen atoms in total. The third kappa shape index (κ3) is 2.58. The maximum absolute atomic E-state index is 10.8. The molecule has 1 aromatic rings. The molecule has 3 N–H and O–H groups in total. The van der Waals surface area contributed by atoms with E-state index in [4.69, 9.17) is 10.8 Å². The van der Waals surface area contributed by atoms with Crippen LogP contribution in [0.1, 0.15) is 37.4 Å². The van der Waals surface area contributed by atoms with Gasteiger partial charge in [0.25, 0.3) is 0 Å². The molecule has 1 saturated carbocycles. The van der Waals surface area contributed by atoms with Gasteiger partial charge in [0, 0.05) is 18.5 Å². The number of carboxylic acid groups (broad SMARTS) is 1. The number of anilines is 1. The lowest BCUT2D eigenvalue weighted by atomic mass is 10.2. The highest BCUT2D eigenvalue weighted by atomic mass is 32.1. The standard InChI is InChI=1S/C11H17N3O2S/c1-14(7-4-2-3-5-7)11-13-8(6-17-11)9(12)10(15)16/h6-7,9H,2-5,12H2,1H3,(H,15,16). The Morgan fingerprint density at radius 1 is 1.65 bits per heavy atom. The molecule has 0 spiro atoms. The van der Waals surface area contributed by atoms with Crippen LogP contribution in [0.2, 0.25) is 0 Å². The fourth-order valence-corrected chi connectivity index (χ4v) is 3.05. The monoisotopic (exact) mass is 255 g/mol. The number of hydrogen-bond donors (Lipinski definition) is 2. The molecule has 0 radical (unpaired) electrons. The van der Waals surface area contributed by atoms with Crippen molar-refractivity contribution >= 4 is 22.4 Å². The molecule has 0 amide bonds. The maximum Gasteiger partial charge on any atom is 0.326 e. The second kappa shape index (κ2) is 5.01. The van der Waals surface area contributed by atoms with E-state index in [1.807, 2.05) is 7.05 Å². The summed E-state index contributed by atoms with van der Waals surface area (Å²) < 4.78 is 0. The third-order valence-corrected chi connectivity index (χ3v) is 4.22. The van der Waals surface area contributed by atoms with Crippen LogP contribution in [-0.4, -0.2) is 29.1 Å². The van der Waals surface area contributed by atoms with Gasteiger partial charge in [-0.3, -0.25) is 4.79 Å². The Labute approximate surface area is 104 Å². The van der Waals surface area contributed by atoms with Crippen molar-refractivity contribution in [2.45, 2.75) is 37.8 Å². The summed E-state index contributed by atoms with van der Waals surface area (Å²) in [6.07, 6.45) is 4.91. The Kier molecular flexibility index (Phi) is 3.63. The molecule has 1 unspecified atom stereocenters. The van der Waals surface area contributed by atoms with Crippen LogP contribution in [0.3, 0.4) is 0 Å². The Hall–Kier alpha value is -1.14. The second-order valence-electron chi connectivity index (χ2n) is 4.42. The van der Waals surface area contributed by atoms with E-state index >= 15 is 0 Å². The smallest absolute Gasteiger partial charge is 0.326 e. The Bertz CT molecular complexity index is 401. The van der Waals surface area contributed by atoms with E-state index in [0.717, 1.165) is 5.13 Å². The van der Waals surface area contributed by atoms with Gasteiger partial charge in [0.15, 0.2) is 5.13 Å². The van der Waals surface area contributed by atoms with Crippen molar-refractivity contribution in [2.24, 2.45) is 5.73 Å². The van der Waals surface area contributed by atoms with E-state index in [0.29, 0.717) is 11.7 Å². The van der Waals surface area contributed by atoms with Crippen LogP contribution in [0.5, 0.6) is 0 Å². The van der Waals surface area contributed by atoms with Crippen molar-refractivity contribution in [1.82, 2.24) is 4.98 Å². The number of hydrogen-bond acceptors (Lipinski definition) is 5. The molecule has 1 aliphatic carbocycles. The first-order chi connectivity index (χ1) is 8.09. The van der Waals surface area contributed by atoms with Crippen molar-refractivity contribution in [1.29, 1.82) is 0 Å². The molecule has 6 heteroatoms. The van der Waals surface area contributed by atoms with Gasteiger partial charge in [-0.2, -0.15) is 0 Å². The van der Waals surface area contributed by atoms with Crippen LogP contribution in [-0.2, 0) is 4.79 Å². The van der Waals surface area contributed by atoms with Gasteiger partial charge in [-0.25, -0.2) is 4.98 Å². The van der Waals surface area contributed by atoms with Crippen LogP contribution in [0.4, 0.5) is 5.13 Å². The SMILES string of the molecule is CN(c1nc(C(N)C(=O)O)cs1)C1CCCC1. The van der Waals surface area contributed by atoms with E-state index in [9.17, 15) is 4.79 Å². The molecule has 0 saturated heterocycles. The zero-order chi connectivity index (χ0) is 12.4. The van der Waals surface area contributed by atoms with Gasteiger partial charge in [0.1, 0.15) is 6.04 Å². The van der Waals surface area contributed by atoms with Crippen LogP contribution in [0.15, 0.2) is 5.38 Å². The molecule has 1 fully saturated rings. The number of aromatic nitrogens is 1. The van der Waals surface area contributed by atoms with E-state index < -0.39 is 12.0 Å².